The number of hydrogen-bond donors (Lipinski definition) is 2. The van der Waals surface area contributed by atoms with Crippen molar-refractivity contribution in [1.29, 1.82) is 0 Å². The fraction of sp³-hybridized carbons (Fsp3) is 0.500. The van der Waals surface area contributed by atoms with E-state index >= 15 is 0 Å². The van der Waals surface area contributed by atoms with Crippen LogP contribution in [-0.2, 0) is 10.0 Å². The largest absolute Gasteiger partial charge is 0.357 e. The van der Waals surface area contributed by atoms with Crippen molar-refractivity contribution < 1.29 is 8.42 Å². The Morgan fingerprint density at radius 3 is 2.55 bits per heavy atom. The summed E-state index contributed by atoms with van der Waals surface area (Å²) >= 11 is 0. The van der Waals surface area contributed by atoms with Gasteiger partial charge in [-0.3, -0.25) is 4.99 Å². The molecule has 6 nitrogen and oxygen atoms in total. The monoisotopic (exact) mass is 416 g/mol. The predicted molar refractivity (Wildman–Crippen MR) is 121 cm³/mol. The lowest BCUT2D eigenvalue weighted by molar-refractivity contribution is 0.280. The van der Waals surface area contributed by atoms with Gasteiger partial charge in [-0.1, -0.05) is 42.5 Å². The van der Waals surface area contributed by atoms with Crippen molar-refractivity contribution in [2.45, 2.75) is 32.7 Å². The maximum Gasteiger partial charge on any atom is 0.211 e. The molecule has 0 saturated carbocycles. The molecule has 0 aliphatic carbocycles. The standard InChI is InChI=1S/C22H32N4O2S/c1-4-23-22(24-16-18-12-14-26(15-13-18)29(3,27)28)25-17(2)20-11-7-9-19-8-5-6-10-21(19)20/h5-11,17-18H,4,12-16H2,1-3H3,(H2,23,24,25). The maximum absolute atomic E-state index is 11.7. The summed E-state index contributed by atoms with van der Waals surface area (Å²) in [4.78, 5) is 4.80. The molecule has 7 heteroatoms. The van der Waals surface area contributed by atoms with Crippen molar-refractivity contribution in [2.24, 2.45) is 10.9 Å². The summed E-state index contributed by atoms with van der Waals surface area (Å²) in [6.07, 6.45) is 3.00. The van der Waals surface area contributed by atoms with E-state index in [-0.39, 0.29) is 6.04 Å². The Morgan fingerprint density at radius 1 is 1.17 bits per heavy atom. The zero-order valence-electron chi connectivity index (χ0n) is 17.6. The molecule has 0 bridgehead atoms. The van der Waals surface area contributed by atoms with Crippen molar-refractivity contribution >= 4 is 26.8 Å². The number of rotatable bonds is 6. The summed E-state index contributed by atoms with van der Waals surface area (Å²) in [7, 11) is -3.08. The highest BCUT2D eigenvalue weighted by Crippen LogP contribution is 2.24. The molecule has 1 aliphatic heterocycles. The number of sulfonamides is 1. The molecule has 0 amide bonds. The van der Waals surface area contributed by atoms with E-state index in [0.29, 0.717) is 25.6 Å². The molecular weight excluding hydrogens is 384 g/mol. The van der Waals surface area contributed by atoms with Crippen molar-refractivity contribution in [3.05, 3.63) is 48.0 Å². The van der Waals surface area contributed by atoms with Crippen LogP contribution in [0.3, 0.4) is 0 Å². The Kier molecular flexibility index (Phi) is 7.14. The van der Waals surface area contributed by atoms with Gasteiger partial charge >= 0.3 is 0 Å². The predicted octanol–water partition coefficient (Wildman–Crippen LogP) is 3.13. The Bertz CT molecular complexity index is 945. The fourth-order valence-electron chi connectivity index (χ4n) is 3.87. The van der Waals surface area contributed by atoms with E-state index < -0.39 is 10.0 Å². The summed E-state index contributed by atoms with van der Waals surface area (Å²) in [6.45, 7) is 6.89. The lowest BCUT2D eigenvalue weighted by Crippen LogP contribution is -2.40. The van der Waals surface area contributed by atoms with Crippen LogP contribution in [0.2, 0.25) is 0 Å². The SMILES string of the molecule is CCNC(=NCC1CCN(S(C)(=O)=O)CC1)NC(C)c1cccc2ccccc12. The highest BCUT2D eigenvalue weighted by molar-refractivity contribution is 7.88. The zero-order chi connectivity index (χ0) is 20.9. The van der Waals surface area contributed by atoms with Crippen LogP contribution in [0.25, 0.3) is 10.8 Å². The van der Waals surface area contributed by atoms with Gasteiger partial charge in [-0.25, -0.2) is 12.7 Å². The van der Waals surface area contributed by atoms with Gasteiger partial charge in [0, 0.05) is 26.2 Å². The van der Waals surface area contributed by atoms with Gasteiger partial charge < -0.3 is 10.6 Å². The minimum absolute atomic E-state index is 0.117. The first kappa shape index (κ1) is 21.6. The van der Waals surface area contributed by atoms with Crippen LogP contribution in [0.15, 0.2) is 47.5 Å². The molecule has 2 aromatic carbocycles. The molecule has 158 valence electrons. The van der Waals surface area contributed by atoms with Gasteiger partial charge in [-0.15, -0.1) is 0 Å². The third-order valence-corrected chi connectivity index (χ3v) is 6.84. The molecule has 0 aromatic heterocycles. The normalized spacial score (nSPS) is 18.0. The minimum atomic E-state index is -3.08. The van der Waals surface area contributed by atoms with E-state index in [0.717, 1.165) is 25.3 Å². The number of nitrogens with zero attached hydrogens (tertiary/aromatic N) is 2. The lowest BCUT2D eigenvalue weighted by atomic mass is 9.98. The second-order valence-corrected chi connectivity index (χ2v) is 9.74. The molecule has 1 aliphatic rings. The number of aliphatic imine (C=N–C) groups is 1. The van der Waals surface area contributed by atoms with Gasteiger partial charge in [-0.2, -0.15) is 0 Å². The van der Waals surface area contributed by atoms with Gasteiger partial charge in [-0.05, 0) is 48.9 Å². The molecule has 3 rings (SSSR count). The van der Waals surface area contributed by atoms with E-state index in [1.165, 1.54) is 22.6 Å². The Labute approximate surface area is 174 Å². The van der Waals surface area contributed by atoms with Gasteiger partial charge in [0.2, 0.25) is 10.0 Å². The van der Waals surface area contributed by atoms with Crippen LogP contribution in [0.1, 0.15) is 38.3 Å². The Hall–Kier alpha value is -2.12. The molecule has 1 unspecified atom stereocenters. The summed E-state index contributed by atoms with van der Waals surface area (Å²) in [5.74, 6) is 1.22. The van der Waals surface area contributed by atoms with E-state index in [1.54, 1.807) is 4.31 Å². The summed E-state index contributed by atoms with van der Waals surface area (Å²) in [6, 6.07) is 14.9. The first-order valence-corrected chi connectivity index (χ1v) is 12.2. The van der Waals surface area contributed by atoms with Crippen LogP contribution >= 0.6 is 0 Å². The Morgan fingerprint density at radius 2 is 1.86 bits per heavy atom. The molecule has 1 saturated heterocycles. The molecule has 0 radical (unpaired) electrons. The van der Waals surface area contributed by atoms with Crippen LogP contribution in [0.5, 0.6) is 0 Å². The van der Waals surface area contributed by atoms with E-state index in [9.17, 15) is 8.42 Å². The molecule has 29 heavy (non-hydrogen) atoms. The van der Waals surface area contributed by atoms with Crippen molar-refractivity contribution in [1.82, 2.24) is 14.9 Å². The molecule has 1 fully saturated rings. The number of piperidine rings is 1. The van der Waals surface area contributed by atoms with Crippen LogP contribution < -0.4 is 10.6 Å². The highest BCUT2D eigenvalue weighted by atomic mass is 32.2. The second-order valence-electron chi connectivity index (χ2n) is 7.76. The first-order valence-electron chi connectivity index (χ1n) is 10.4. The molecule has 2 aromatic rings. The number of hydrogen-bond acceptors (Lipinski definition) is 3. The molecular formula is C22H32N4O2S. The average molecular weight is 417 g/mol. The topological polar surface area (TPSA) is 73.8 Å². The van der Waals surface area contributed by atoms with Gasteiger partial charge in [0.15, 0.2) is 5.96 Å². The number of fused-ring (bicyclic) bond motifs is 1. The van der Waals surface area contributed by atoms with E-state index in [1.807, 2.05) is 0 Å². The number of nitrogens with one attached hydrogen (secondary N) is 2. The smallest absolute Gasteiger partial charge is 0.211 e. The summed E-state index contributed by atoms with van der Waals surface area (Å²) < 4.78 is 24.9. The maximum atomic E-state index is 11.7. The third-order valence-electron chi connectivity index (χ3n) is 5.54. The molecule has 1 heterocycles. The second kappa shape index (κ2) is 9.59. The minimum Gasteiger partial charge on any atom is -0.357 e. The van der Waals surface area contributed by atoms with Crippen molar-refractivity contribution in [3.8, 4) is 0 Å². The van der Waals surface area contributed by atoms with Gasteiger partial charge in [0.25, 0.3) is 0 Å². The average Bonchev–Trinajstić information content (AvgIpc) is 2.71. The zero-order valence-corrected chi connectivity index (χ0v) is 18.4. The molecule has 0 spiro atoms. The van der Waals surface area contributed by atoms with Crippen LogP contribution in [0, 0.1) is 5.92 Å². The lowest BCUT2D eigenvalue weighted by Gasteiger charge is -2.29. The first-order chi connectivity index (χ1) is 13.9. The van der Waals surface area contributed by atoms with Crippen LogP contribution in [0.4, 0.5) is 0 Å². The van der Waals surface area contributed by atoms with Crippen LogP contribution in [-0.4, -0.2) is 51.1 Å². The highest BCUT2D eigenvalue weighted by Gasteiger charge is 2.24. The summed E-state index contributed by atoms with van der Waals surface area (Å²) in [5.41, 5.74) is 1.25. The van der Waals surface area contributed by atoms with Crippen molar-refractivity contribution in [3.63, 3.8) is 0 Å². The molecule has 2 N–H and O–H groups in total. The van der Waals surface area contributed by atoms with E-state index in [2.05, 4.69) is 66.9 Å². The Balaban J connectivity index is 1.65. The van der Waals surface area contributed by atoms with Crippen molar-refractivity contribution in [2.75, 3.05) is 32.4 Å². The fourth-order valence-corrected chi connectivity index (χ4v) is 4.75. The van der Waals surface area contributed by atoms with Gasteiger partial charge in [0.05, 0.1) is 12.3 Å². The molecule has 1 atom stereocenters. The quantitative estimate of drug-likeness (QED) is 0.560. The third kappa shape index (κ3) is 5.70. The number of guanidine groups is 1. The summed E-state index contributed by atoms with van der Waals surface area (Å²) in [5, 5.41) is 9.35. The van der Waals surface area contributed by atoms with E-state index in [4.69, 9.17) is 4.99 Å². The van der Waals surface area contributed by atoms with Gasteiger partial charge in [0.1, 0.15) is 0 Å². The number of benzene rings is 2.